The Morgan fingerprint density at radius 1 is 0.938 bits per heavy atom. The summed E-state index contributed by atoms with van der Waals surface area (Å²) in [6.45, 7) is -0.557. The molecule has 15 nitrogen and oxygen atoms in total. The lowest BCUT2D eigenvalue weighted by Gasteiger charge is -2.40. The van der Waals surface area contributed by atoms with Gasteiger partial charge < -0.3 is 51.4 Å². The Morgan fingerprint density at radius 3 is 2.08 bits per heavy atom. The van der Waals surface area contributed by atoms with Crippen LogP contribution in [0.25, 0.3) is 0 Å². The summed E-state index contributed by atoms with van der Waals surface area (Å²) in [7, 11) is 2.55. The summed E-state index contributed by atoms with van der Waals surface area (Å²) in [6, 6.07) is 7.17. The number of carboxylic acids is 2. The molecule has 0 aromatic carbocycles. The molecule has 0 spiro atoms. The Morgan fingerprint density at radius 2 is 1.54 bits per heavy atom. The SMILES string of the molecule is COC(NC(=O)Cc1cccs1)C1NC(C(=O)O)=C(COC(=O)C(NC(=O)Cc2cccs2)(OC)C2NC(C(=O)O)=C(CN)CS2)CS1. The first-order valence-corrected chi connectivity index (χ1v) is 18.1. The van der Waals surface area contributed by atoms with E-state index in [0.717, 1.165) is 16.6 Å². The first-order chi connectivity index (χ1) is 23.0. The lowest BCUT2D eigenvalue weighted by Crippen LogP contribution is -2.67. The van der Waals surface area contributed by atoms with E-state index in [9.17, 15) is 34.2 Å². The van der Waals surface area contributed by atoms with Gasteiger partial charge in [-0.3, -0.25) is 9.59 Å². The monoisotopic (exact) mass is 741 g/mol. The highest BCUT2D eigenvalue weighted by molar-refractivity contribution is 8.00. The second-order valence-electron chi connectivity index (χ2n) is 10.3. The highest BCUT2D eigenvalue weighted by atomic mass is 32.2. The maximum Gasteiger partial charge on any atom is 0.363 e. The average Bonchev–Trinajstić information content (AvgIpc) is 3.79. The molecule has 2 aliphatic rings. The van der Waals surface area contributed by atoms with Crippen molar-refractivity contribution in [2.24, 2.45) is 5.73 Å². The third-order valence-electron chi connectivity index (χ3n) is 7.16. The van der Waals surface area contributed by atoms with Gasteiger partial charge in [-0.15, -0.1) is 46.2 Å². The number of esters is 1. The van der Waals surface area contributed by atoms with E-state index >= 15 is 0 Å². The average molecular weight is 742 g/mol. The third kappa shape index (κ3) is 9.10. The molecule has 2 aromatic heterocycles. The van der Waals surface area contributed by atoms with Crippen molar-refractivity contribution in [1.82, 2.24) is 21.3 Å². The summed E-state index contributed by atoms with van der Waals surface area (Å²) in [5, 5.41) is 32.6. The van der Waals surface area contributed by atoms with Gasteiger partial charge in [0.25, 0.3) is 5.72 Å². The number of amides is 2. The van der Waals surface area contributed by atoms with Gasteiger partial charge in [-0.05, 0) is 28.5 Å². The van der Waals surface area contributed by atoms with Crippen LogP contribution in [0.5, 0.6) is 0 Å². The minimum absolute atomic E-state index is 0.0520. The number of hydrogen-bond acceptors (Lipinski definition) is 15. The first-order valence-electron chi connectivity index (χ1n) is 14.3. The van der Waals surface area contributed by atoms with Crippen molar-refractivity contribution in [2.45, 2.75) is 35.5 Å². The molecule has 0 radical (unpaired) electrons. The zero-order valence-corrected chi connectivity index (χ0v) is 29.1. The normalized spacial score (nSPS) is 19.7. The minimum atomic E-state index is -2.23. The Labute approximate surface area is 292 Å². The van der Waals surface area contributed by atoms with Gasteiger partial charge in [0.05, 0.1) is 12.8 Å². The van der Waals surface area contributed by atoms with Gasteiger partial charge >= 0.3 is 17.9 Å². The molecule has 0 aliphatic carbocycles. The van der Waals surface area contributed by atoms with Crippen LogP contribution >= 0.6 is 46.2 Å². The predicted molar refractivity (Wildman–Crippen MR) is 181 cm³/mol. The van der Waals surface area contributed by atoms with Crippen LogP contribution < -0.4 is 27.0 Å². The number of nitrogens with one attached hydrogen (secondary N) is 4. The summed E-state index contributed by atoms with van der Waals surface area (Å²) in [4.78, 5) is 65.5. The molecule has 0 bridgehead atoms. The number of hydrogen-bond donors (Lipinski definition) is 7. The number of rotatable bonds is 16. The van der Waals surface area contributed by atoms with Gasteiger partial charge in [-0.25, -0.2) is 14.4 Å². The van der Waals surface area contributed by atoms with Crippen molar-refractivity contribution >= 4 is 75.9 Å². The second kappa shape index (κ2) is 17.2. The van der Waals surface area contributed by atoms with Crippen LogP contribution in [0.4, 0.5) is 0 Å². The lowest BCUT2D eigenvalue weighted by molar-refractivity contribution is -0.176. The van der Waals surface area contributed by atoms with Crippen molar-refractivity contribution in [2.75, 3.05) is 38.9 Å². The van der Waals surface area contributed by atoms with Gasteiger partial charge in [0.2, 0.25) is 11.8 Å². The van der Waals surface area contributed by atoms with Gasteiger partial charge in [0.1, 0.15) is 28.7 Å². The van der Waals surface area contributed by atoms with E-state index in [2.05, 4.69) is 21.3 Å². The van der Waals surface area contributed by atoms with E-state index in [4.69, 9.17) is 19.9 Å². The summed E-state index contributed by atoms with van der Waals surface area (Å²) >= 11 is 5.08. The molecule has 2 amide bonds. The van der Waals surface area contributed by atoms with Crippen LogP contribution in [0.15, 0.2) is 57.6 Å². The fourth-order valence-corrected chi connectivity index (χ4v) is 8.64. The maximum absolute atomic E-state index is 13.9. The van der Waals surface area contributed by atoms with Crippen molar-refractivity contribution < 1.29 is 48.4 Å². The molecular weight excluding hydrogens is 707 g/mol. The van der Waals surface area contributed by atoms with Crippen LogP contribution in [0, 0.1) is 0 Å². The fraction of sp³-hybridized carbons (Fsp3) is 0.414. The molecule has 4 heterocycles. The molecule has 4 unspecified atom stereocenters. The quantitative estimate of drug-likeness (QED) is 0.0926. The van der Waals surface area contributed by atoms with E-state index in [1.807, 2.05) is 17.5 Å². The van der Waals surface area contributed by atoms with Crippen molar-refractivity contribution in [1.29, 1.82) is 0 Å². The molecule has 2 aliphatic heterocycles. The smallest absolute Gasteiger partial charge is 0.363 e. The number of carbonyl (C=O) groups excluding carboxylic acids is 3. The van der Waals surface area contributed by atoms with Crippen LogP contribution in [-0.2, 0) is 51.0 Å². The van der Waals surface area contributed by atoms with Crippen molar-refractivity contribution in [3.8, 4) is 0 Å². The van der Waals surface area contributed by atoms with Crippen LogP contribution in [0.1, 0.15) is 9.75 Å². The number of thiophene rings is 2. The first kappa shape index (κ1) is 37.2. The van der Waals surface area contributed by atoms with Gasteiger partial charge in [0, 0.05) is 47.6 Å². The van der Waals surface area contributed by atoms with E-state index < -0.39 is 53.1 Å². The number of nitrogens with two attached hydrogens (primary N) is 1. The van der Waals surface area contributed by atoms with Crippen LogP contribution in [0.3, 0.4) is 0 Å². The predicted octanol–water partition coefficient (Wildman–Crippen LogP) is 0.647. The molecule has 4 atom stereocenters. The zero-order valence-electron chi connectivity index (χ0n) is 25.8. The number of thioether (sulfide) groups is 2. The summed E-state index contributed by atoms with van der Waals surface area (Å²) in [5.74, 6) is -4.43. The summed E-state index contributed by atoms with van der Waals surface area (Å²) in [6.07, 6.45) is -0.844. The molecule has 2 aromatic rings. The third-order valence-corrected chi connectivity index (χ3v) is 11.5. The topological polar surface area (TPSA) is 228 Å². The maximum atomic E-state index is 13.9. The van der Waals surface area contributed by atoms with Gasteiger partial charge in [0.15, 0.2) is 6.23 Å². The standard InChI is InChI=1S/C29H35N5O10S4/c1-42-23(31-19(35)9-17-5-3-7-45-17)24-32-22(26(39)40)16(14-47-24)12-44-28(41)29(43-2,34-20(36)10-18-6-4-8-46-18)27-33-21(25(37)38)15(11-30)13-48-27/h3-8,23-24,27,32-33H,9-14,30H2,1-2H3,(H,31,35)(H,34,36)(H,37,38)(H,39,40). The minimum Gasteiger partial charge on any atom is -0.477 e. The Bertz CT molecular complexity index is 1550. The van der Waals surface area contributed by atoms with Gasteiger partial charge in [-0.2, -0.15) is 0 Å². The Balaban J connectivity index is 1.52. The number of carboxylic acid groups (broad SMARTS) is 2. The van der Waals surface area contributed by atoms with Gasteiger partial charge in [-0.1, -0.05) is 12.1 Å². The van der Waals surface area contributed by atoms with Crippen molar-refractivity contribution in [3.05, 3.63) is 67.3 Å². The van der Waals surface area contributed by atoms with E-state index in [1.54, 1.807) is 17.5 Å². The van der Waals surface area contributed by atoms with Crippen molar-refractivity contribution in [3.63, 3.8) is 0 Å². The number of methoxy groups -OCH3 is 2. The Kier molecular flexibility index (Phi) is 13.3. The molecule has 48 heavy (non-hydrogen) atoms. The molecule has 260 valence electrons. The molecular formula is C29H35N5O10S4. The largest absolute Gasteiger partial charge is 0.477 e. The van der Waals surface area contributed by atoms with Crippen LogP contribution in [0.2, 0.25) is 0 Å². The van der Waals surface area contributed by atoms with Crippen LogP contribution in [-0.4, -0.2) is 102 Å². The highest BCUT2D eigenvalue weighted by Gasteiger charge is 2.52. The molecule has 19 heteroatoms. The highest BCUT2D eigenvalue weighted by Crippen LogP contribution is 2.32. The van der Waals surface area contributed by atoms with E-state index in [1.165, 1.54) is 48.7 Å². The zero-order chi connectivity index (χ0) is 34.8. The molecule has 4 rings (SSSR count). The summed E-state index contributed by atoms with van der Waals surface area (Å²) < 4.78 is 16.7. The van der Waals surface area contributed by atoms with E-state index in [0.29, 0.717) is 10.5 Å². The summed E-state index contributed by atoms with van der Waals surface area (Å²) in [5.41, 5.74) is 3.62. The fourth-order valence-electron chi connectivity index (χ4n) is 4.75. The number of aliphatic carboxylic acids is 2. The molecule has 8 N–H and O–H groups in total. The number of ether oxygens (including phenoxy) is 3. The number of carbonyl (C=O) groups is 5. The second-order valence-corrected chi connectivity index (χ2v) is 14.6. The molecule has 0 fully saturated rings. The lowest BCUT2D eigenvalue weighted by atomic mass is 10.1. The Hall–Kier alpha value is -3.59. The molecule has 0 saturated carbocycles. The van der Waals surface area contributed by atoms with E-state index in [-0.39, 0.29) is 53.8 Å². The molecule has 0 saturated heterocycles.